The van der Waals surface area contributed by atoms with Gasteiger partial charge in [-0.3, -0.25) is 4.99 Å². The third-order valence-electron chi connectivity index (χ3n) is 1.86. The molecule has 0 bridgehead atoms. The third-order valence-corrected chi connectivity index (χ3v) is 1.86. The number of allylic oxidation sites excluding steroid dienone is 1. The van der Waals surface area contributed by atoms with Crippen LogP contribution < -0.4 is 22.9 Å². The van der Waals surface area contributed by atoms with Crippen molar-refractivity contribution in [3.8, 4) is 0 Å². The highest BCUT2D eigenvalue weighted by molar-refractivity contribution is 6.09. The highest BCUT2D eigenvalue weighted by Crippen LogP contribution is 2.23. The van der Waals surface area contributed by atoms with E-state index in [1.54, 1.807) is 19.3 Å². The molecular formula is C9H14N6. The maximum Gasteiger partial charge on any atom is 0.149 e. The van der Waals surface area contributed by atoms with E-state index in [2.05, 4.69) is 9.98 Å². The normalized spacial score (nSPS) is 12.2. The van der Waals surface area contributed by atoms with E-state index in [1.807, 2.05) is 0 Å². The van der Waals surface area contributed by atoms with Gasteiger partial charge in [0.05, 0.1) is 17.1 Å². The summed E-state index contributed by atoms with van der Waals surface area (Å²) in [6.07, 6.45) is 2.95. The molecule has 1 aromatic heterocycles. The van der Waals surface area contributed by atoms with Crippen molar-refractivity contribution in [1.29, 1.82) is 0 Å². The van der Waals surface area contributed by atoms with Crippen LogP contribution in [0.2, 0.25) is 0 Å². The Hall–Kier alpha value is -2.24. The van der Waals surface area contributed by atoms with Gasteiger partial charge in [0.2, 0.25) is 0 Å². The van der Waals surface area contributed by atoms with Gasteiger partial charge < -0.3 is 22.9 Å². The van der Waals surface area contributed by atoms with E-state index in [-0.39, 0.29) is 11.5 Å². The molecule has 0 amide bonds. The van der Waals surface area contributed by atoms with Crippen molar-refractivity contribution in [3.05, 3.63) is 18.0 Å². The minimum Gasteiger partial charge on any atom is -0.404 e. The fraction of sp³-hybridized carbons (Fsp3) is 0.111. The van der Waals surface area contributed by atoms with Crippen molar-refractivity contribution >= 4 is 29.0 Å². The SMILES string of the molecule is CN=CC(=CN)c1cc(N)c(N)c(N)n1. The van der Waals surface area contributed by atoms with Gasteiger partial charge in [0.15, 0.2) is 0 Å². The Morgan fingerprint density at radius 3 is 2.53 bits per heavy atom. The molecule has 0 saturated carbocycles. The molecule has 0 radical (unpaired) electrons. The summed E-state index contributed by atoms with van der Waals surface area (Å²) in [5, 5.41) is 0. The molecular weight excluding hydrogens is 192 g/mol. The second-order valence-corrected chi connectivity index (χ2v) is 2.90. The molecule has 0 aliphatic heterocycles. The number of rotatable bonds is 2. The van der Waals surface area contributed by atoms with Crippen molar-refractivity contribution in [2.24, 2.45) is 10.7 Å². The van der Waals surface area contributed by atoms with E-state index in [1.165, 1.54) is 6.20 Å². The van der Waals surface area contributed by atoms with Crippen molar-refractivity contribution in [1.82, 2.24) is 4.98 Å². The lowest BCUT2D eigenvalue weighted by Crippen LogP contribution is -2.05. The average molecular weight is 206 g/mol. The molecule has 1 heterocycles. The smallest absolute Gasteiger partial charge is 0.149 e. The van der Waals surface area contributed by atoms with E-state index in [9.17, 15) is 0 Å². The van der Waals surface area contributed by atoms with E-state index >= 15 is 0 Å². The van der Waals surface area contributed by atoms with Gasteiger partial charge in [-0.2, -0.15) is 0 Å². The van der Waals surface area contributed by atoms with Gasteiger partial charge in [-0.05, 0) is 6.07 Å². The quantitative estimate of drug-likeness (QED) is 0.499. The Labute approximate surface area is 87.7 Å². The molecule has 80 valence electrons. The predicted octanol–water partition coefficient (Wildman–Crippen LogP) is -0.172. The minimum atomic E-state index is 0.189. The first kappa shape index (κ1) is 10.8. The number of nitrogens with zero attached hydrogens (tertiary/aromatic N) is 2. The van der Waals surface area contributed by atoms with Gasteiger partial charge in [-0.25, -0.2) is 4.98 Å². The minimum absolute atomic E-state index is 0.189. The predicted molar refractivity (Wildman–Crippen MR) is 64.1 cm³/mol. The number of anilines is 3. The molecule has 0 atom stereocenters. The number of aliphatic imine (C=N–C) groups is 1. The molecule has 0 aliphatic carbocycles. The average Bonchev–Trinajstić information content (AvgIpc) is 2.22. The molecule has 1 aromatic rings. The first-order chi connectivity index (χ1) is 7.10. The maximum absolute atomic E-state index is 5.65. The highest BCUT2D eigenvalue weighted by Gasteiger charge is 2.07. The zero-order valence-corrected chi connectivity index (χ0v) is 8.44. The van der Waals surface area contributed by atoms with Gasteiger partial charge in [-0.1, -0.05) is 0 Å². The van der Waals surface area contributed by atoms with Crippen molar-refractivity contribution < 1.29 is 0 Å². The van der Waals surface area contributed by atoms with Gasteiger partial charge in [0.1, 0.15) is 5.82 Å². The summed E-state index contributed by atoms with van der Waals surface area (Å²) in [7, 11) is 1.63. The monoisotopic (exact) mass is 206 g/mol. The number of nitrogen functional groups attached to an aromatic ring is 3. The summed E-state index contributed by atoms with van der Waals surface area (Å²) in [5.41, 5.74) is 24.1. The fourth-order valence-corrected chi connectivity index (χ4v) is 1.08. The number of hydrogen-bond acceptors (Lipinski definition) is 6. The highest BCUT2D eigenvalue weighted by atomic mass is 14.9. The first-order valence-electron chi connectivity index (χ1n) is 4.26. The molecule has 0 aromatic carbocycles. The summed E-state index contributed by atoms with van der Waals surface area (Å²) in [6, 6.07) is 1.60. The molecule has 0 aliphatic rings. The lowest BCUT2D eigenvalue weighted by atomic mass is 10.1. The Balaban J connectivity index is 3.27. The molecule has 15 heavy (non-hydrogen) atoms. The lowest BCUT2D eigenvalue weighted by Gasteiger charge is -2.07. The van der Waals surface area contributed by atoms with Crippen LogP contribution in [0.1, 0.15) is 5.69 Å². The van der Waals surface area contributed by atoms with Gasteiger partial charge in [0.25, 0.3) is 0 Å². The third kappa shape index (κ3) is 2.16. The number of pyridine rings is 1. The van der Waals surface area contributed by atoms with Crippen LogP contribution in [0.25, 0.3) is 5.57 Å². The molecule has 6 heteroatoms. The van der Waals surface area contributed by atoms with E-state index in [4.69, 9.17) is 22.9 Å². The van der Waals surface area contributed by atoms with Crippen LogP contribution >= 0.6 is 0 Å². The Morgan fingerprint density at radius 1 is 1.40 bits per heavy atom. The van der Waals surface area contributed by atoms with Crippen LogP contribution in [0.15, 0.2) is 17.3 Å². The lowest BCUT2D eigenvalue weighted by molar-refractivity contribution is 1.29. The van der Waals surface area contributed by atoms with Crippen LogP contribution in [0, 0.1) is 0 Å². The van der Waals surface area contributed by atoms with Crippen LogP contribution in [0.3, 0.4) is 0 Å². The molecule has 0 unspecified atom stereocenters. The zero-order chi connectivity index (χ0) is 11.4. The maximum atomic E-state index is 5.65. The molecule has 1 rings (SSSR count). The molecule has 0 spiro atoms. The van der Waals surface area contributed by atoms with Crippen LogP contribution in [-0.4, -0.2) is 18.2 Å². The van der Waals surface area contributed by atoms with Crippen LogP contribution in [0.5, 0.6) is 0 Å². The topological polar surface area (TPSA) is 129 Å². The van der Waals surface area contributed by atoms with E-state index in [0.717, 1.165) is 0 Å². The van der Waals surface area contributed by atoms with Crippen molar-refractivity contribution in [2.45, 2.75) is 0 Å². The summed E-state index contributed by atoms with van der Waals surface area (Å²) >= 11 is 0. The standard InChI is InChI=1S/C9H14N6/c1-14-4-5(3-10)7-2-6(11)8(12)9(13)15-7/h2-4H,10,12H2,1H3,(H4,11,13,15). The van der Waals surface area contributed by atoms with Gasteiger partial charge >= 0.3 is 0 Å². The summed E-state index contributed by atoms with van der Waals surface area (Å²) in [5.74, 6) is 0.189. The fourth-order valence-electron chi connectivity index (χ4n) is 1.08. The molecule has 0 fully saturated rings. The van der Waals surface area contributed by atoms with Crippen LogP contribution in [-0.2, 0) is 0 Å². The number of nitrogens with two attached hydrogens (primary N) is 4. The number of hydrogen-bond donors (Lipinski definition) is 4. The molecule has 0 saturated heterocycles. The largest absolute Gasteiger partial charge is 0.404 e. The summed E-state index contributed by atoms with van der Waals surface area (Å²) < 4.78 is 0. The second kappa shape index (κ2) is 4.32. The van der Waals surface area contributed by atoms with Crippen LogP contribution in [0.4, 0.5) is 17.2 Å². The summed E-state index contributed by atoms with van der Waals surface area (Å²) in [6.45, 7) is 0. The van der Waals surface area contributed by atoms with Gasteiger partial charge in [0, 0.05) is 25.0 Å². The van der Waals surface area contributed by atoms with Gasteiger partial charge in [-0.15, -0.1) is 0 Å². The molecule has 6 nitrogen and oxygen atoms in total. The molecule has 8 N–H and O–H groups in total. The van der Waals surface area contributed by atoms with E-state index in [0.29, 0.717) is 17.0 Å². The zero-order valence-electron chi connectivity index (χ0n) is 8.44. The Morgan fingerprint density at radius 2 is 2.07 bits per heavy atom. The number of aromatic nitrogens is 1. The van der Waals surface area contributed by atoms with Crippen molar-refractivity contribution in [3.63, 3.8) is 0 Å². The first-order valence-corrected chi connectivity index (χ1v) is 4.26. The second-order valence-electron chi connectivity index (χ2n) is 2.90. The Kier molecular flexibility index (Phi) is 3.12. The summed E-state index contributed by atoms with van der Waals surface area (Å²) in [4.78, 5) is 7.90. The van der Waals surface area contributed by atoms with E-state index < -0.39 is 0 Å². The Bertz CT molecular complexity index is 398. The van der Waals surface area contributed by atoms with Crippen molar-refractivity contribution in [2.75, 3.05) is 24.2 Å².